The second-order valence-electron chi connectivity index (χ2n) is 4.63. The average molecular weight is 312 g/mol. The summed E-state index contributed by atoms with van der Waals surface area (Å²) in [6.45, 7) is 9.02. The highest BCUT2D eigenvalue weighted by Crippen LogP contribution is 2.24. The third-order valence-electron chi connectivity index (χ3n) is 2.93. The van der Waals surface area contributed by atoms with Crippen molar-refractivity contribution in [1.82, 2.24) is 9.78 Å². The van der Waals surface area contributed by atoms with Crippen LogP contribution in [0.25, 0.3) is 0 Å². The molecule has 5 heteroatoms. The van der Waals surface area contributed by atoms with Crippen LogP contribution < -0.4 is 5.32 Å². The van der Waals surface area contributed by atoms with E-state index >= 15 is 0 Å². The summed E-state index contributed by atoms with van der Waals surface area (Å²) in [6, 6.07) is 2.27. The molecule has 2 heterocycles. The number of anilines is 1. The van der Waals surface area contributed by atoms with Gasteiger partial charge in [-0.25, -0.2) is 0 Å². The fourth-order valence-electron chi connectivity index (χ4n) is 2.04. The predicted octanol–water partition coefficient (Wildman–Crippen LogP) is 4.05. The monoisotopic (exact) mass is 311 g/mol. The molecule has 18 heavy (non-hydrogen) atoms. The Morgan fingerprint density at radius 1 is 1.44 bits per heavy atom. The van der Waals surface area contributed by atoms with Gasteiger partial charge in [0, 0.05) is 6.04 Å². The minimum Gasteiger partial charge on any atom is -0.466 e. The highest BCUT2D eigenvalue weighted by atomic mass is 79.9. The lowest BCUT2D eigenvalue weighted by atomic mass is 10.3. The molecule has 2 rings (SSSR count). The summed E-state index contributed by atoms with van der Waals surface area (Å²) in [6.07, 6.45) is 1.68. The van der Waals surface area contributed by atoms with Crippen LogP contribution in [-0.4, -0.2) is 9.78 Å². The van der Waals surface area contributed by atoms with E-state index in [1.165, 1.54) is 0 Å². The SMILES string of the molecule is Cc1nn(C(C)C)c(C)c1NCc1occc1Br. The Morgan fingerprint density at radius 3 is 2.67 bits per heavy atom. The van der Waals surface area contributed by atoms with Gasteiger partial charge in [-0.05, 0) is 49.7 Å². The summed E-state index contributed by atoms with van der Waals surface area (Å²) in [5.41, 5.74) is 3.26. The Hall–Kier alpha value is -1.23. The van der Waals surface area contributed by atoms with Gasteiger partial charge in [0.25, 0.3) is 0 Å². The molecule has 0 aliphatic carbocycles. The normalized spacial score (nSPS) is 11.2. The Morgan fingerprint density at radius 2 is 2.17 bits per heavy atom. The van der Waals surface area contributed by atoms with Gasteiger partial charge in [0.1, 0.15) is 5.76 Å². The number of hydrogen-bond acceptors (Lipinski definition) is 3. The summed E-state index contributed by atoms with van der Waals surface area (Å²) < 4.78 is 8.41. The molecule has 4 nitrogen and oxygen atoms in total. The third kappa shape index (κ3) is 2.46. The van der Waals surface area contributed by atoms with E-state index in [0.717, 1.165) is 27.3 Å². The van der Waals surface area contributed by atoms with E-state index in [2.05, 4.69) is 47.1 Å². The number of nitrogens with one attached hydrogen (secondary N) is 1. The molecule has 98 valence electrons. The molecule has 0 saturated heterocycles. The molecule has 0 radical (unpaired) electrons. The summed E-state index contributed by atoms with van der Waals surface area (Å²) in [5, 5.41) is 7.94. The highest BCUT2D eigenvalue weighted by molar-refractivity contribution is 9.10. The zero-order valence-corrected chi connectivity index (χ0v) is 12.7. The van der Waals surface area contributed by atoms with Crippen LogP contribution in [0.3, 0.4) is 0 Å². The van der Waals surface area contributed by atoms with Gasteiger partial charge in [0.2, 0.25) is 0 Å². The van der Waals surface area contributed by atoms with Gasteiger partial charge in [0.05, 0.1) is 34.4 Å². The Bertz CT molecular complexity index is 542. The maximum absolute atomic E-state index is 5.38. The molecule has 0 saturated carbocycles. The van der Waals surface area contributed by atoms with E-state index in [1.807, 2.05) is 17.7 Å². The maximum Gasteiger partial charge on any atom is 0.136 e. The van der Waals surface area contributed by atoms with Crippen LogP contribution >= 0.6 is 15.9 Å². The molecular formula is C13H18BrN3O. The van der Waals surface area contributed by atoms with Gasteiger partial charge in [-0.2, -0.15) is 5.10 Å². The molecule has 1 N–H and O–H groups in total. The molecule has 0 aliphatic heterocycles. The zero-order valence-electron chi connectivity index (χ0n) is 11.1. The fraction of sp³-hybridized carbons (Fsp3) is 0.462. The van der Waals surface area contributed by atoms with Crippen LogP contribution in [0.4, 0.5) is 5.69 Å². The molecule has 0 atom stereocenters. The molecule has 0 unspecified atom stereocenters. The lowest BCUT2D eigenvalue weighted by Gasteiger charge is -2.09. The van der Waals surface area contributed by atoms with E-state index in [-0.39, 0.29) is 0 Å². The van der Waals surface area contributed by atoms with Gasteiger partial charge < -0.3 is 9.73 Å². The lowest BCUT2D eigenvalue weighted by molar-refractivity contribution is 0.514. The van der Waals surface area contributed by atoms with Crippen molar-refractivity contribution in [1.29, 1.82) is 0 Å². The van der Waals surface area contributed by atoms with Crippen molar-refractivity contribution in [3.05, 3.63) is 34.0 Å². The first-order chi connectivity index (χ1) is 8.50. The molecule has 0 fully saturated rings. The fourth-order valence-corrected chi connectivity index (χ4v) is 2.38. The minimum atomic E-state index is 0.370. The molecule has 0 bridgehead atoms. The number of halogens is 1. The van der Waals surface area contributed by atoms with Crippen molar-refractivity contribution in [3.63, 3.8) is 0 Å². The van der Waals surface area contributed by atoms with Crippen LogP contribution in [0.5, 0.6) is 0 Å². The van der Waals surface area contributed by atoms with Crippen molar-refractivity contribution < 1.29 is 4.42 Å². The van der Waals surface area contributed by atoms with Gasteiger partial charge >= 0.3 is 0 Å². The Labute approximate surface area is 115 Å². The predicted molar refractivity (Wildman–Crippen MR) is 75.8 cm³/mol. The van der Waals surface area contributed by atoms with Crippen molar-refractivity contribution in [2.75, 3.05) is 5.32 Å². The van der Waals surface area contributed by atoms with Crippen LogP contribution in [0.1, 0.15) is 37.0 Å². The van der Waals surface area contributed by atoms with E-state index in [4.69, 9.17) is 4.42 Å². The number of furan rings is 1. The van der Waals surface area contributed by atoms with Crippen molar-refractivity contribution in [2.45, 2.75) is 40.3 Å². The first-order valence-electron chi connectivity index (χ1n) is 6.02. The van der Waals surface area contributed by atoms with Crippen LogP contribution in [0, 0.1) is 13.8 Å². The van der Waals surface area contributed by atoms with Crippen molar-refractivity contribution >= 4 is 21.6 Å². The van der Waals surface area contributed by atoms with Gasteiger partial charge in [-0.3, -0.25) is 4.68 Å². The number of rotatable bonds is 4. The van der Waals surface area contributed by atoms with Gasteiger partial charge in [-0.1, -0.05) is 0 Å². The van der Waals surface area contributed by atoms with E-state index in [1.54, 1.807) is 6.26 Å². The Kier molecular flexibility index (Phi) is 3.80. The van der Waals surface area contributed by atoms with Gasteiger partial charge in [-0.15, -0.1) is 0 Å². The van der Waals surface area contributed by atoms with Crippen LogP contribution in [-0.2, 0) is 6.54 Å². The lowest BCUT2D eigenvalue weighted by Crippen LogP contribution is -2.06. The average Bonchev–Trinajstić information content (AvgIpc) is 2.82. The van der Waals surface area contributed by atoms with Crippen LogP contribution in [0.15, 0.2) is 21.2 Å². The largest absolute Gasteiger partial charge is 0.466 e. The van der Waals surface area contributed by atoms with E-state index in [0.29, 0.717) is 12.6 Å². The summed E-state index contributed by atoms with van der Waals surface area (Å²) in [7, 11) is 0. The summed E-state index contributed by atoms with van der Waals surface area (Å²) in [4.78, 5) is 0. The molecular weight excluding hydrogens is 294 g/mol. The van der Waals surface area contributed by atoms with E-state index < -0.39 is 0 Å². The summed E-state index contributed by atoms with van der Waals surface area (Å²) >= 11 is 3.45. The molecule has 2 aromatic heterocycles. The number of nitrogens with zero attached hydrogens (tertiary/aromatic N) is 2. The standard InChI is InChI=1S/C13H18BrN3O/c1-8(2)17-10(4)13(9(3)16-17)15-7-12-11(14)5-6-18-12/h5-6,8,15H,7H2,1-4H3. The smallest absolute Gasteiger partial charge is 0.136 e. The number of aromatic nitrogens is 2. The van der Waals surface area contributed by atoms with Crippen LogP contribution in [0.2, 0.25) is 0 Å². The zero-order chi connectivity index (χ0) is 13.3. The Balaban J connectivity index is 2.17. The first-order valence-corrected chi connectivity index (χ1v) is 6.81. The van der Waals surface area contributed by atoms with Gasteiger partial charge in [0.15, 0.2) is 0 Å². The molecule has 0 aromatic carbocycles. The summed E-state index contributed by atoms with van der Waals surface area (Å²) in [5.74, 6) is 0.895. The first kappa shape index (κ1) is 13.2. The van der Waals surface area contributed by atoms with Crippen molar-refractivity contribution in [2.24, 2.45) is 0 Å². The molecule has 0 amide bonds. The van der Waals surface area contributed by atoms with E-state index in [9.17, 15) is 0 Å². The number of aryl methyl sites for hydroxylation is 1. The third-order valence-corrected chi connectivity index (χ3v) is 3.64. The molecule has 0 spiro atoms. The minimum absolute atomic E-state index is 0.370. The second-order valence-corrected chi connectivity index (χ2v) is 5.48. The second kappa shape index (κ2) is 5.18. The molecule has 0 aliphatic rings. The quantitative estimate of drug-likeness (QED) is 0.926. The topological polar surface area (TPSA) is 43.0 Å². The molecule has 2 aromatic rings. The van der Waals surface area contributed by atoms with Crippen molar-refractivity contribution in [3.8, 4) is 0 Å². The maximum atomic E-state index is 5.38. The number of hydrogen-bond donors (Lipinski definition) is 1. The highest BCUT2D eigenvalue weighted by Gasteiger charge is 2.13.